The van der Waals surface area contributed by atoms with E-state index in [2.05, 4.69) is 17.6 Å². The van der Waals surface area contributed by atoms with Gasteiger partial charge in [-0.1, -0.05) is 38.8 Å². The van der Waals surface area contributed by atoms with E-state index in [-0.39, 0.29) is 23.7 Å². The van der Waals surface area contributed by atoms with Crippen LogP contribution in [0.1, 0.15) is 39.5 Å². The second kappa shape index (κ2) is 8.47. The van der Waals surface area contributed by atoms with Gasteiger partial charge in [0.15, 0.2) is 0 Å². The van der Waals surface area contributed by atoms with Gasteiger partial charge in [0.1, 0.15) is 5.82 Å². The number of amides is 3. The summed E-state index contributed by atoms with van der Waals surface area (Å²) in [5, 5.41) is 5.27. The molecule has 0 aromatic heterocycles. The van der Waals surface area contributed by atoms with Crippen molar-refractivity contribution in [1.29, 1.82) is 0 Å². The van der Waals surface area contributed by atoms with E-state index in [1.807, 2.05) is 12.2 Å². The molecule has 0 saturated heterocycles. The molecule has 3 amide bonds. The zero-order valence-electron chi connectivity index (χ0n) is 14.1. The molecule has 1 aromatic carbocycles. The predicted molar refractivity (Wildman–Crippen MR) is 93.5 cm³/mol. The maximum atomic E-state index is 14.0. The van der Waals surface area contributed by atoms with Crippen LogP contribution in [-0.2, 0) is 4.79 Å². The zero-order valence-corrected chi connectivity index (χ0v) is 14.1. The molecule has 1 aliphatic rings. The van der Waals surface area contributed by atoms with E-state index in [0.29, 0.717) is 18.7 Å². The number of nitrogens with zero attached hydrogens (tertiary/aromatic N) is 1. The Bertz CT molecular complexity index is 631. The monoisotopic (exact) mass is 333 g/mol. The average Bonchev–Trinajstić information content (AvgIpc) is 3.04. The number of benzene rings is 1. The molecule has 1 atom stereocenters. The first-order chi connectivity index (χ1) is 11.5. The molecule has 1 aromatic rings. The highest BCUT2D eigenvalue weighted by Crippen LogP contribution is 2.22. The number of anilines is 2. The van der Waals surface area contributed by atoms with Gasteiger partial charge in [-0.3, -0.25) is 4.79 Å². The Labute approximate surface area is 141 Å². The largest absolute Gasteiger partial charge is 0.326 e. The Hall–Kier alpha value is -2.37. The molecule has 1 heterocycles. The fourth-order valence-electron chi connectivity index (χ4n) is 2.60. The Kier molecular flexibility index (Phi) is 6.35. The van der Waals surface area contributed by atoms with Crippen LogP contribution in [0.15, 0.2) is 30.4 Å². The number of urea groups is 1. The Morgan fingerprint density at radius 2 is 2.08 bits per heavy atom. The van der Waals surface area contributed by atoms with Crippen LogP contribution < -0.4 is 10.6 Å². The first-order valence-electron chi connectivity index (χ1n) is 8.38. The molecule has 0 radical (unpaired) electrons. The van der Waals surface area contributed by atoms with Gasteiger partial charge in [0.2, 0.25) is 5.91 Å². The molecule has 0 unspecified atom stereocenters. The molecule has 0 fully saturated rings. The number of nitrogens with one attached hydrogen (secondary N) is 2. The molecule has 0 spiro atoms. The van der Waals surface area contributed by atoms with Crippen LogP contribution in [0.4, 0.5) is 20.6 Å². The summed E-state index contributed by atoms with van der Waals surface area (Å²) in [5.41, 5.74) is 0.524. The lowest BCUT2D eigenvalue weighted by atomic mass is 10.1. The number of rotatable bonds is 6. The summed E-state index contributed by atoms with van der Waals surface area (Å²) < 4.78 is 14.0. The molecular formula is C18H24FN3O2. The Balaban J connectivity index is 2.05. The number of hydrogen-bond acceptors (Lipinski definition) is 2. The highest BCUT2D eigenvalue weighted by Gasteiger charge is 2.24. The molecule has 6 heteroatoms. The predicted octanol–water partition coefficient (Wildman–Crippen LogP) is 4.14. The zero-order chi connectivity index (χ0) is 17.5. The van der Waals surface area contributed by atoms with Crippen molar-refractivity contribution in [2.24, 2.45) is 0 Å². The van der Waals surface area contributed by atoms with Gasteiger partial charge < -0.3 is 15.5 Å². The normalized spacial score (nSPS) is 16.3. The number of unbranched alkanes of at least 4 members (excludes halogenated alkanes) is 1. The Morgan fingerprint density at radius 1 is 1.29 bits per heavy atom. The molecular weight excluding hydrogens is 309 g/mol. The second-order valence-electron chi connectivity index (χ2n) is 5.82. The van der Waals surface area contributed by atoms with Crippen LogP contribution in [0.25, 0.3) is 0 Å². The summed E-state index contributed by atoms with van der Waals surface area (Å²) in [7, 11) is 0. The second-order valence-corrected chi connectivity index (χ2v) is 5.82. The van der Waals surface area contributed by atoms with Gasteiger partial charge in [0.05, 0.1) is 11.7 Å². The number of carbonyl (C=O) groups is 2. The van der Waals surface area contributed by atoms with Crippen LogP contribution >= 0.6 is 0 Å². The smallest absolute Gasteiger partial charge is 0.322 e. The molecule has 5 nitrogen and oxygen atoms in total. The minimum atomic E-state index is -0.532. The molecule has 0 aliphatic carbocycles. The summed E-state index contributed by atoms with van der Waals surface area (Å²) in [6.07, 6.45) is 7.30. The molecule has 24 heavy (non-hydrogen) atoms. The maximum Gasteiger partial charge on any atom is 0.322 e. The first-order valence-corrected chi connectivity index (χ1v) is 8.38. The third kappa shape index (κ3) is 4.57. The van der Waals surface area contributed by atoms with E-state index < -0.39 is 5.82 Å². The van der Waals surface area contributed by atoms with Crippen LogP contribution in [0.5, 0.6) is 0 Å². The lowest BCUT2D eigenvalue weighted by Gasteiger charge is -2.25. The van der Waals surface area contributed by atoms with Gasteiger partial charge in [-0.25, -0.2) is 9.18 Å². The fraction of sp³-hybridized carbons (Fsp3) is 0.444. The van der Waals surface area contributed by atoms with Crippen molar-refractivity contribution >= 4 is 23.3 Å². The van der Waals surface area contributed by atoms with Crippen molar-refractivity contribution in [2.45, 2.75) is 45.6 Å². The SMILES string of the molecule is CCCC[C@@H]1C=CCN1C(=O)Nc1cc(NC(=O)CC)ccc1F. The average molecular weight is 333 g/mol. The van der Waals surface area contributed by atoms with Gasteiger partial charge in [-0.15, -0.1) is 0 Å². The topological polar surface area (TPSA) is 61.4 Å². The quantitative estimate of drug-likeness (QED) is 0.769. The number of carbonyl (C=O) groups excluding carboxylic acids is 2. The third-order valence-electron chi connectivity index (χ3n) is 3.99. The molecule has 0 bridgehead atoms. The summed E-state index contributed by atoms with van der Waals surface area (Å²) in [4.78, 5) is 25.6. The highest BCUT2D eigenvalue weighted by molar-refractivity contribution is 5.93. The summed E-state index contributed by atoms with van der Waals surface area (Å²) >= 11 is 0. The first kappa shape index (κ1) is 18.0. The lowest BCUT2D eigenvalue weighted by Crippen LogP contribution is -2.39. The molecule has 0 saturated carbocycles. The third-order valence-corrected chi connectivity index (χ3v) is 3.99. The summed E-state index contributed by atoms with van der Waals surface area (Å²) in [6.45, 7) is 4.36. The highest BCUT2D eigenvalue weighted by atomic mass is 19.1. The minimum Gasteiger partial charge on any atom is -0.326 e. The van der Waals surface area contributed by atoms with Crippen LogP contribution in [0, 0.1) is 5.82 Å². The van der Waals surface area contributed by atoms with Gasteiger partial charge in [-0.05, 0) is 24.6 Å². The Morgan fingerprint density at radius 3 is 2.79 bits per heavy atom. The van der Waals surface area contributed by atoms with Gasteiger partial charge in [0, 0.05) is 18.7 Å². The van der Waals surface area contributed by atoms with Crippen LogP contribution in [0.3, 0.4) is 0 Å². The molecule has 2 rings (SSSR count). The van der Waals surface area contributed by atoms with E-state index in [0.717, 1.165) is 19.3 Å². The summed E-state index contributed by atoms with van der Waals surface area (Å²) in [6, 6.07) is 3.86. The fourth-order valence-corrected chi connectivity index (χ4v) is 2.60. The van der Waals surface area contributed by atoms with Crippen LogP contribution in [-0.4, -0.2) is 29.4 Å². The van der Waals surface area contributed by atoms with Gasteiger partial charge in [-0.2, -0.15) is 0 Å². The molecule has 130 valence electrons. The van der Waals surface area contributed by atoms with Crippen LogP contribution in [0.2, 0.25) is 0 Å². The number of halogens is 1. The van der Waals surface area contributed by atoms with Gasteiger partial charge in [0.25, 0.3) is 0 Å². The van der Waals surface area contributed by atoms with E-state index in [1.165, 1.54) is 18.2 Å². The molecule has 2 N–H and O–H groups in total. The van der Waals surface area contributed by atoms with Crippen molar-refractivity contribution in [2.75, 3.05) is 17.2 Å². The van der Waals surface area contributed by atoms with E-state index in [9.17, 15) is 14.0 Å². The standard InChI is InChI=1S/C18H24FN3O2/c1-3-5-7-14-8-6-11-22(14)18(24)21-16-12-13(9-10-15(16)19)20-17(23)4-2/h6,8-10,12,14H,3-5,7,11H2,1-2H3,(H,20,23)(H,21,24)/t14-/m1/s1. The lowest BCUT2D eigenvalue weighted by molar-refractivity contribution is -0.115. The maximum absolute atomic E-state index is 14.0. The van der Waals surface area contributed by atoms with Crippen molar-refractivity contribution < 1.29 is 14.0 Å². The van der Waals surface area contributed by atoms with Crippen molar-refractivity contribution in [3.05, 3.63) is 36.2 Å². The van der Waals surface area contributed by atoms with Crippen molar-refractivity contribution in [3.8, 4) is 0 Å². The number of hydrogen-bond donors (Lipinski definition) is 2. The minimum absolute atomic E-state index is 0.0518. The molecule has 1 aliphatic heterocycles. The van der Waals surface area contributed by atoms with Crippen molar-refractivity contribution in [3.63, 3.8) is 0 Å². The van der Waals surface area contributed by atoms with E-state index >= 15 is 0 Å². The summed E-state index contributed by atoms with van der Waals surface area (Å²) in [5.74, 6) is -0.697. The van der Waals surface area contributed by atoms with Crippen molar-refractivity contribution in [1.82, 2.24) is 4.90 Å². The van der Waals surface area contributed by atoms with Gasteiger partial charge >= 0.3 is 6.03 Å². The van der Waals surface area contributed by atoms with E-state index in [1.54, 1.807) is 11.8 Å². The van der Waals surface area contributed by atoms with E-state index in [4.69, 9.17) is 0 Å².